The van der Waals surface area contributed by atoms with Gasteiger partial charge in [-0.25, -0.2) is 4.79 Å². The zero-order chi connectivity index (χ0) is 22.7. The molecule has 5 heteroatoms. The van der Waals surface area contributed by atoms with Gasteiger partial charge in [0.1, 0.15) is 11.9 Å². The molecule has 174 valence electrons. The highest BCUT2D eigenvalue weighted by atomic mass is 16.5. The number of aromatic nitrogens is 1. The average Bonchev–Trinajstić information content (AvgIpc) is 3.13. The Hall–Kier alpha value is -1.75. The Morgan fingerprint density at radius 1 is 1.06 bits per heavy atom. The SMILES string of the molecule is CC(=O)[C@H]1CC[C@H]2[C@@H]3[C@H](OC(=O)c4cccnc4)C[C@@H]4C[C@H](O)CC[C@]4(C)[C@H]3CC[C@]12C. The van der Waals surface area contributed by atoms with Gasteiger partial charge in [-0.2, -0.15) is 0 Å². The molecule has 1 aromatic rings. The highest BCUT2D eigenvalue weighted by Gasteiger charge is 2.64. The number of hydrogen-bond acceptors (Lipinski definition) is 5. The third-order valence-electron chi connectivity index (χ3n) is 10.3. The molecule has 5 nitrogen and oxygen atoms in total. The molecule has 5 rings (SSSR count). The third-order valence-corrected chi connectivity index (χ3v) is 10.3. The number of aliphatic hydroxyl groups excluding tert-OH is 1. The number of esters is 1. The van der Waals surface area contributed by atoms with Crippen molar-refractivity contribution in [2.45, 2.75) is 84.3 Å². The van der Waals surface area contributed by atoms with Crippen LogP contribution in [0.15, 0.2) is 24.5 Å². The Morgan fingerprint density at radius 3 is 2.53 bits per heavy atom. The largest absolute Gasteiger partial charge is 0.458 e. The van der Waals surface area contributed by atoms with Crippen LogP contribution >= 0.6 is 0 Å². The van der Waals surface area contributed by atoms with E-state index in [2.05, 4.69) is 18.8 Å². The number of carbonyl (C=O) groups excluding carboxylic acids is 2. The van der Waals surface area contributed by atoms with E-state index in [4.69, 9.17) is 4.74 Å². The minimum atomic E-state index is -0.296. The van der Waals surface area contributed by atoms with Gasteiger partial charge in [-0.1, -0.05) is 13.8 Å². The van der Waals surface area contributed by atoms with Crippen molar-refractivity contribution in [2.24, 2.45) is 40.4 Å². The van der Waals surface area contributed by atoms with Crippen LogP contribution in [0.4, 0.5) is 0 Å². The van der Waals surface area contributed by atoms with Crippen molar-refractivity contribution in [1.82, 2.24) is 4.98 Å². The van der Waals surface area contributed by atoms with E-state index in [1.54, 1.807) is 31.5 Å². The van der Waals surface area contributed by atoms with Gasteiger partial charge in [-0.05, 0) is 99.0 Å². The van der Waals surface area contributed by atoms with Gasteiger partial charge in [0.25, 0.3) is 0 Å². The highest BCUT2D eigenvalue weighted by molar-refractivity contribution is 5.89. The number of hydrogen-bond donors (Lipinski definition) is 1. The number of rotatable bonds is 3. The van der Waals surface area contributed by atoms with Gasteiger partial charge in [0.05, 0.1) is 11.7 Å². The molecule has 1 heterocycles. The van der Waals surface area contributed by atoms with Gasteiger partial charge in [-0.15, -0.1) is 0 Å². The molecule has 0 aliphatic heterocycles. The fraction of sp³-hybridized carbons (Fsp3) is 0.741. The summed E-state index contributed by atoms with van der Waals surface area (Å²) in [7, 11) is 0. The smallest absolute Gasteiger partial charge is 0.339 e. The Kier molecular flexibility index (Phi) is 5.47. The van der Waals surface area contributed by atoms with Crippen molar-refractivity contribution in [2.75, 3.05) is 0 Å². The van der Waals surface area contributed by atoms with Crippen LogP contribution in [0.5, 0.6) is 0 Å². The highest BCUT2D eigenvalue weighted by Crippen LogP contribution is 2.67. The number of pyridine rings is 1. The van der Waals surface area contributed by atoms with Crippen molar-refractivity contribution in [1.29, 1.82) is 0 Å². The summed E-state index contributed by atoms with van der Waals surface area (Å²) in [5.41, 5.74) is 0.674. The van der Waals surface area contributed by atoms with Gasteiger partial charge in [0, 0.05) is 24.2 Å². The summed E-state index contributed by atoms with van der Waals surface area (Å²) in [6, 6.07) is 3.53. The second kappa shape index (κ2) is 7.93. The maximum Gasteiger partial charge on any atom is 0.339 e. The number of fused-ring (bicyclic) bond motifs is 5. The Bertz CT molecular complexity index is 887. The first-order valence-electron chi connectivity index (χ1n) is 12.5. The molecule has 0 spiro atoms. The summed E-state index contributed by atoms with van der Waals surface area (Å²) in [4.78, 5) is 29.7. The number of ketones is 1. The fourth-order valence-electron chi connectivity index (χ4n) is 8.65. The maximum absolute atomic E-state index is 13.1. The summed E-state index contributed by atoms with van der Waals surface area (Å²) in [6.45, 7) is 6.51. The molecule has 0 unspecified atom stereocenters. The second-order valence-corrected chi connectivity index (χ2v) is 11.6. The Morgan fingerprint density at radius 2 is 1.81 bits per heavy atom. The molecule has 32 heavy (non-hydrogen) atoms. The molecule has 0 aromatic carbocycles. The predicted octanol–water partition coefficient (Wildman–Crippen LogP) is 4.83. The van der Waals surface area contributed by atoms with Gasteiger partial charge >= 0.3 is 5.97 Å². The topological polar surface area (TPSA) is 76.5 Å². The minimum absolute atomic E-state index is 0.00331. The summed E-state index contributed by atoms with van der Waals surface area (Å²) < 4.78 is 6.28. The number of aliphatic hydroxyl groups is 1. The summed E-state index contributed by atoms with van der Waals surface area (Å²) in [6.07, 6.45) is 10.5. The molecule has 1 aromatic heterocycles. The fourth-order valence-corrected chi connectivity index (χ4v) is 8.65. The average molecular weight is 440 g/mol. The van der Waals surface area contributed by atoms with Gasteiger partial charge < -0.3 is 9.84 Å². The van der Waals surface area contributed by atoms with Crippen LogP contribution in [-0.4, -0.2) is 34.1 Å². The number of carbonyl (C=O) groups is 2. The summed E-state index contributed by atoms with van der Waals surface area (Å²) >= 11 is 0. The first-order chi connectivity index (χ1) is 15.2. The lowest BCUT2D eigenvalue weighted by atomic mass is 9.44. The third kappa shape index (κ3) is 3.34. The van der Waals surface area contributed by atoms with E-state index < -0.39 is 0 Å². The van der Waals surface area contributed by atoms with Crippen molar-refractivity contribution >= 4 is 11.8 Å². The zero-order valence-electron chi connectivity index (χ0n) is 19.6. The van der Waals surface area contributed by atoms with Crippen molar-refractivity contribution in [3.05, 3.63) is 30.1 Å². The Balaban J connectivity index is 1.50. The van der Waals surface area contributed by atoms with Crippen molar-refractivity contribution < 1.29 is 19.4 Å². The molecule has 0 saturated heterocycles. The molecule has 4 aliphatic carbocycles. The lowest BCUT2D eigenvalue weighted by Crippen LogP contribution is -2.59. The molecular weight excluding hydrogens is 402 g/mol. The molecule has 9 atom stereocenters. The van der Waals surface area contributed by atoms with E-state index in [-0.39, 0.29) is 40.8 Å². The van der Waals surface area contributed by atoms with Crippen LogP contribution in [0.3, 0.4) is 0 Å². The van der Waals surface area contributed by atoms with E-state index in [0.717, 1.165) is 51.4 Å². The van der Waals surface area contributed by atoms with Crippen LogP contribution in [0.1, 0.15) is 82.5 Å². The standard InChI is InChI=1S/C27H37NO4/c1-16(29)20-6-7-21-24-22(9-11-27(20,21)3)26(2)10-8-19(30)13-18(26)14-23(24)32-25(31)17-5-4-12-28-15-17/h4-5,12,15,18-24,30H,6-11,13-14H2,1-3H3/t18-,19+,20+,21-,22-,23+,24-,26-,27+/m0/s1. The van der Waals surface area contributed by atoms with E-state index in [0.29, 0.717) is 29.1 Å². The van der Waals surface area contributed by atoms with Gasteiger partial charge in [-0.3, -0.25) is 9.78 Å². The van der Waals surface area contributed by atoms with Crippen LogP contribution < -0.4 is 0 Å². The lowest BCUT2D eigenvalue weighted by molar-refractivity contribution is -0.175. The molecule has 0 bridgehead atoms. The van der Waals surface area contributed by atoms with E-state index in [1.807, 2.05) is 0 Å². The molecular formula is C27H37NO4. The summed E-state index contributed by atoms with van der Waals surface area (Å²) in [5, 5.41) is 10.4. The predicted molar refractivity (Wildman–Crippen MR) is 121 cm³/mol. The monoisotopic (exact) mass is 439 g/mol. The molecule has 0 radical (unpaired) electrons. The van der Waals surface area contributed by atoms with Crippen LogP contribution in [0, 0.1) is 40.4 Å². The number of ether oxygens (including phenoxy) is 1. The summed E-state index contributed by atoms with van der Waals surface area (Å²) in [5.74, 6) is 1.69. The zero-order valence-corrected chi connectivity index (χ0v) is 19.6. The van der Waals surface area contributed by atoms with E-state index in [9.17, 15) is 14.7 Å². The van der Waals surface area contributed by atoms with Crippen molar-refractivity contribution in [3.8, 4) is 0 Å². The van der Waals surface area contributed by atoms with Crippen LogP contribution in [0.2, 0.25) is 0 Å². The molecule has 4 aliphatic rings. The molecule has 4 saturated carbocycles. The maximum atomic E-state index is 13.1. The van der Waals surface area contributed by atoms with Crippen molar-refractivity contribution in [3.63, 3.8) is 0 Å². The number of nitrogens with zero attached hydrogens (tertiary/aromatic N) is 1. The number of Topliss-reactive ketones (excluding diaryl/α,β-unsaturated/α-hetero) is 1. The Labute approximate surface area is 191 Å². The molecule has 1 N–H and O–H groups in total. The second-order valence-electron chi connectivity index (χ2n) is 11.6. The first kappa shape index (κ1) is 22.1. The quantitative estimate of drug-likeness (QED) is 0.683. The van der Waals surface area contributed by atoms with Crippen LogP contribution in [0.25, 0.3) is 0 Å². The van der Waals surface area contributed by atoms with Crippen LogP contribution in [-0.2, 0) is 9.53 Å². The van der Waals surface area contributed by atoms with Gasteiger partial charge in [0.15, 0.2) is 0 Å². The lowest BCUT2D eigenvalue weighted by Gasteiger charge is -2.62. The molecule has 4 fully saturated rings. The van der Waals surface area contributed by atoms with Gasteiger partial charge in [0.2, 0.25) is 0 Å². The minimum Gasteiger partial charge on any atom is -0.458 e. The van der Waals surface area contributed by atoms with E-state index in [1.165, 1.54) is 0 Å². The van der Waals surface area contributed by atoms with E-state index >= 15 is 0 Å². The molecule has 0 amide bonds. The first-order valence-corrected chi connectivity index (χ1v) is 12.5. The normalized spacial score (nSPS) is 45.3.